The summed E-state index contributed by atoms with van der Waals surface area (Å²) in [6, 6.07) is 7.86. The zero-order valence-corrected chi connectivity index (χ0v) is 13.0. The lowest BCUT2D eigenvalue weighted by Crippen LogP contribution is -2.33. The maximum atomic E-state index is 12.1. The van der Waals surface area contributed by atoms with E-state index in [1.807, 2.05) is 34.9 Å². The number of fused-ring (bicyclic) bond motifs is 1. The molecule has 5 nitrogen and oxygen atoms in total. The average molecular weight is 315 g/mol. The van der Waals surface area contributed by atoms with Crippen molar-refractivity contribution in [1.82, 2.24) is 14.5 Å². The number of carbonyl (C=O) groups excluding carboxylic acids is 2. The number of likely N-dealkylation sites (tertiary alicyclic amines) is 1. The molecule has 0 aliphatic carbocycles. The van der Waals surface area contributed by atoms with E-state index in [0.29, 0.717) is 19.5 Å². The lowest BCUT2D eigenvalue weighted by molar-refractivity contribution is -0.140. The molecule has 2 amide bonds. The van der Waals surface area contributed by atoms with E-state index < -0.39 is 0 Å². The predicted octanol–water partition coefficient (Wildman–Crippen LogP) is 2.46. The van der Waals surface area contributed by atoms with Crippen molar-refractivity contribution in [3.05, 3.63) is 36.9 Å². The first kappa shape index (κ1) is 14.8. The molecule has 0 spiro atoms. The van der Waals surface area contributed by atoms with Gasteiger partial charge in [-0.15, -0.1) is 6.58 Å². The molecule has 1 fully saturated rings. The number of hydrogen-bond donors (Lipinski definition) is 0. The molecule has 0 bridgehead atoms. The van der Waals surface area contributed by atoms with E-state index in [9.17, 15) is 9.59 Å². The minimum atomic E-state index is -0.135. The molecule has 0 saturated carbocycles. The molecule has 1 aromatic heterocycles. The van der Waals surface area contributed by atoms with Crippen molar-refractivity contribution < 1.29 is 9.59 Å². The molecule has 2 heterocycles. The molecule has 1 saturated heterocycles. The lowest BCUT2D eigenvalue weighted by atomic mass is 10.3. The number of thioether (sulfide) groups is 1. The molecule has 0 N–H and O–H groups in total. The van der Waals surface area contributed by atoms with Crippen LogP contribution in [0, 0.1) is 0 Å². The van der Waals surface area contributed by atoms with Crippen LogP contribution in [0.15, 0.2) is 42.1 Å². The van der Waals surface area contributed by atoms with E-state index in [4.69, 9.17) is 0 Å². The number of imidazole rings is 1. The van der Waals surface area contributed by atoms with Gasteiger partial charge >= 0.3 is 0 Å². The van der Waals surface area contributed by atoms with Crippen molar-refractivity contribution in [3.8, 4) is 0 Å². The molecule has 1 aliphatic heterocycles. The van der Waals surface area contributed by atoms with Crippen molar-refractivity contribution in [1.29, 1.82) is 0 Å². The Morgan fingerprint density at radius 2 is 2.23 bits per heavy atom. The number of nitrogens with zero attached hydrogens (tertiary/aromatic N) is 3. The first-order valence-electron chi connectivity index (χ1n) is 7.23. The van der Waals surface area contributed by atoms with E-state index in [1.54, 1.807) is 0 Å². The van der Waals surface area contributed by atoms with E-state index in [2.05, 4.69) is 11.6 Å². The summed E-state index contributed by atoms with van der Waals surface area (Å²) >= 11 is 1.37. The zero-order valence-electron chi connectivity index (χ0n) is 12.2. The van der Waals surface area contributed by atoms with Gasteiger partial charge in [-0.1, -0.05) is 30.0 Å². The molecule has 0 atom stereocenters. The predicted molar refractivity (Wildman–Crippen MR) is 86.6 cm³/mol. The number of aromatic nitrogens is 2. The number of carbonyl (C=O) groups is 2. The van der Waals surface area contributed by atoms with Crippen LogP contribution in [0.3, 0.4) is 0 Å². The molecule has 1 aliphatic rings. The molecular weight excluding hydrogens is 298 g/mol. The van der Waals surface area contributed by atoms with Crippen LogP contribution in [0.1, 0.15) is 12.8 Å². The molecule has 22 heavy (non-hydrogen) atoms. The first-order chi connectivity index (χ1) is 10.7. The summed E-state index contributed by atoms with van der Waals surface area (Å²) < 4.78 is 2.03. The first-order valence-corrected chi connectivity index (χ1v) is 8.21. The number of rotatable bonds is 5. The summed E-state index contributed by atoms with van der Waals surface area (Å²) in [5.74, 6) is 0.0292. The molecule has 114 valence electrons. The van der Waals surface area contributed by atoms with Gasteiger partial charge in [0, 0.05) is 19.5 Å². The second kappa shape index (κ2) is 6.36. The molecule has 6 heteroatoms. The normalized spacial score (nSPS) is 14.7. The van der Waals surface area contributed by atoms with Gasteiger partial charge in [0.25, 0.3) is 0 Å². The second-order valence-electron chi connectivity index (χ2n) is 5.11. The Kier molecular flexibility index (Phi) is 4.29. The van der Waals surface area contributed by atoms with Crippen LogP contribution in [0.25, 0.3) is 11.0 Å². The standard InChI is InChI=1S/C16H17N3O2S/c1-2-9-18-13-7-4-3-6-12(13)17-16(18)22-11-15(21)19-10-5-8-14(19)20/h2-4,6-7H,1,5,8-11H2. The van der Waals surface area contributed by atoms with Crippen molar-refractivity contribution in [2.75, 3.05) is 12.3 Å². The van der Waals surface area contributed by atoms with Gasteiger partial charge in [0.1, 0.15) is 0 Å². The van der Waals surface area contributed by atoms with E-state index in [1.165, 1.54) is 16.7 Å². The van der Waals surface area contributed by atoms with Crippen molar-refractivity contribution in [2.24, 2.45) is 0 Å². The Hall–Kier alpha value is -2.08. The van der Waals surface area contributed by atoms with Crippen LogP contribution in [-0.2, 0) is 16.1 Å². The fraction of sp³-hybridized carbons (Fsp3) is 0.312. The van der Waals surface area contributed by atoms with Gasteiger partial charge in [0.05, 0.1) is 16.8 Å². The number of hydrogen-bond acceptors (Lipinski definition) is 4. The van der Waals surface area contributed by atoms with Crippen molar-refractivity contribution in [2.45, 2.75) is 24.5 Å². The smallest absolute Gasteiger partial charge is 0.239 e. The zero-order chi connectivity index (χ0) is 15.5. The van der Waals surface area contributed by atoms with Gasteiger partial charge in [-0.3, -0.25) is 14.5 Å². The topological polar surface area (TPSA) is 55.2 Å². The van der Waals surface area contributed by atoms with Gasteiger partial charge < -0.3 is 4.57 Å². The quantitative estimate of drug-likeness (QED) is 0.628. The monoisotopic (exact) mass is 315 g/mol. The Labute approximate surface area is 133 Å². The highest BCUT2D eigenvalue weighted by Gasteiger charge is 2.26. The summed E-state index contributed by atoms with van der Waals surface area (Å²) in [7, 11) is 0. The lowest BCUT2D eigenvalue weighted by Gasteiger charge is -2.13. The summed E-state index contributed by atoms with van der Waals surface area (Å²) in [5.41, 5.74) is 1.92. The maximum Gasteiger partial charge on any atom is 0.239 e. The highest BCUT2D eigenvalue weighted by Crippen LogP contribution is 2.25. The average Bonchev–Trinajstić information content (AvgIpc) is 3.10. The number of para-hydroxylation sites is 2. The van der Waals surface area contributed by atoms with Crippen LogP contribution < -0.4 is 0 Å². The second-order valence-corrected chi connectivity index (χ2v) is 6.06. The number of amides is 2. The summed E-state index contributed by atoms with van der Waals surface area (Å²) in [6.07, 6.45) is 3.06. The fourth-order valence-corrected chi connectivity index (χ4v) is 3.49. The molecule has 2 aromatic rings. The molecular formula is C16H17N3O2S. The third-order valence-corrected chi connectivity index (χ3v) is 4.59. The van der Waals surface area contributed by atoms with Gasteiger partial charge in [-0.2, -0.15) is 0 Å². The Balaban J connectivity index is 1.78. The maximum absolute atomic E-state index is 12.1. The minimum Gasteiger partial charge on any atom is -0.315 e. The van der Waals surface area contributed by atoms with E-state index in [0.717, 1.165) is 22.6 Å². The van der Waals surface area contributed by atoms with Crippen LogP contribution in [0.2, 0.25) is 0 Å². The number of benzene rings is 1. The molecule has 3 rings (SSSR count). The largest absolute Gasteiger partial charge is 0.315 e. The molecule has 0 radical (unpaired) electrons. The van der Waals surface area contributed by atoms with Crippen LogP contribution in [-0.4, -0.2) is 38.6 Å². The van der Waals surface area contributed by atoms with Gasteiger partial charge in [0.15, 0.2) is 5.16 Å². The minimum absolute atomic E-state index is 0.0646. The van der Waals surface area contributed by atoms with E-state index in [-0.39, 0.29) is 17.6 Å². The van der Waals surface area contributed by atoms with Crippen molar-refractivity contribution in [3.63, 3.8) is 0 Å². The Bertz CT molecular complexity index is 738. The SMILES string of the molecule is C=CCn1c(SCC(=O)N2CCCC2=O)nc2ccccc21. The number of allylic oxidation sites excluding steroid dienone is 1. The Morgan fingerprint density at radius 1 is 1.41 bits per heavy atom. The third-order valence-electron chi connectivity index (χ3n) is 3.63. The van der Waals surface area contributed by atoms with Crippen LogP contribution >= 0.6 is 11.8 Å². The summed E-state index contributed by atoms with van der Waals surface area (Å²) in [5, 5.41) is 0.779. The molecule has 0 unspecified atom stereocenters. The summed E-state index contributed by atoms with van der Waals surface area (Å²) in [6.45, 7) is 4.96. The highest BCUT2D eigenvalue weighted by molar-refractivity contribution is 7.99. The Morgan fingerprint density at radius 3 is 2.95 bits per heavy atom. The van der Waals surface area contributed by atoms with Crippen molar-refractivity contribution >= 4 is 34.6 Å². The van der Waals surface area contributed by atoms with Gasteiger partial charge in [-0.25, -0.2) is 4.98 Å². The fourth-order valence-electron chi connectivity index (χ4n) is 2.59. The van der Waals surface area contributed by atoms with Gasteiger partial charge in [0.2, 0.25) is 11.8 Å². The highest BCUT2D eigenvalue weighted by atomic mass is 32.2. The van der Waals surface area contributed by atoms with Crippen LogP contribution in [0.4, 0.5) is 0 Å². The van der Waals surface area contributed by atoms with Gasteiger partial charge in [-0.05, 0) is 18.6 Å². The number of imide groups is 1. The third kappa shape index (κ3) is 2.78. The summed E-state index contributed by atoms with van der Waals surface area (Å²) in [4.78, 5) is 29.7. The van der Waals surface area contributed by atoms with Crippen LogP contribution in [0.5, 0.6) is 0 Å². The van der Waals surface area contributed by atoms with E-state index >= 15 is 0 Å². The molecule has 1 aromatic carbocycles.